The van der Waals surface area contributed by atoms with Gasteiger partial charge in [0.15, 0.2) is 4.90 Å². The number of rotatable bonds is 12. The minimum absolute atomic E-state index is 0.0317. The van der Waals surface area contributed by atoms with Crippen molar-refractivity contribution in [1.29, 1.82) is 0 Å². The molecule has 0 radical (unpaired) electrons. The van der Waals surface area contributed by atoms with Crippen LogP contribution in [-0.4, -0.2) is 62.6 Å². The largest absolute Gasteiger partial charge is 0.378 e. The molecule has 0 N–H and O–H groups in total. The van der Waals surface area contributed by atoms with Crippen LogP contribution in [-0.2, 0) is 24.3 Å². The Hall–Kier alpha value is -3.30. The van der Waals surface area contributed by atoms with Gasteiger partial charge < -0.3 is 14.4 Å². The number of nitro benzene ring substituents is 1. The van der Waals surface area contributed by atoms with Gasteiger partial charge in [-0.05, 0) is 31.0 Å². The van der Waals surface area contributed by atoms with Gasteiger partial charge in [-0.3, -0.25) is 14.9 Å². The van der Waals surface area contributed by atoms with Gasteiger partial charge in [0.25, 0.3) is 15.7 Å². The van der Waals surface area contributed by atoms with Gasteiger partial charge in [0.1, 0.15) is 6.61 Å². The fraction of sp³-hybridized carbons (Fsp3) is 0.423. The third-order valence-corrected chi connectivity index (χ3v) is 8.10. The highest BCUT2D eigenvalue weighted by atomic mass is 32.2. The van der Waals surface area contributed by atoms with E-state index in [2.05, 4.69) is 5.92 Å². The van der Waals surface area contributed by atoms with Crippen molar-refractivity contribution < 1.29 is 27.6 Å². The first kappa shape index (κ1) is 28.3. The number of nitrogens with zero attached hydrogens (tertiary/aromatic N) is 3. The van der Waals surface area contributed by atoms with Crippen molar-refractivity contribution in [2.24, 2.45) is 0 Å². The zero-order valence-corrected chi connectivity index (χ0v) is 21.7. The van der Waals surface area contributed by atoms with Crippen molar-refractivity contribution in [3.8, 4) is 12.3 Å². The van der Waals surface area contributed by atoms with E-state index in [1.54, 1.807) is 36.1 Å². The maximum absolute atomic E-state index is 14.0. The minimum Gasteiger partial charge on any atom is -0.378 e. The molecule has 0 saturated carbocycles. The second kappa shape index (κ2) is 12.8. The summed E-state index contributed by atoms with van der Waals surface area (Å²) >= 11 is 0. The predicted octanol–water partition coefficient (Wildman–Crippen LogP) is 3.53. The zero-order valence-electron chi connectivity index (χ0n) is 20.9. The quantitative estimate of drug-likeness (QED) is 0.179. The number of hydrogen-bond donors (Lipinski definition) is 0. The SMILES string of the molecule is C#CCOCCOCCN([C@@H]1C[C@H](C)N(C(=O)CC)c2ccccc21)S(=O)(=O)c1ccccc1[N+](=O)[O-]. The van der Waals surface area contributed by atoms with Crippen LogP contribution in [0.2, 0.25) is 0 Å². The molecule has 37 heavy (non-hydrogen) atoms. The van der Waals surface area contributed by atoms with Crippen LogP contribution in [0.4, 0.5) is 11.4 Å². The Morgan fingerprint density at radius 2 is 1.84 bits per heavy atom. The van der Waals surface area contributed by atoms with Crippen LogP contribution >= 0.6 is 0 Å². The van der Waals surface area contributed by atoms with Crippen LogP contribution in [0.25, 0.3) is 0 Å². The molecule has 0 aromatic heterocycles. The summed E-state index contributed by atoms with van der Waals surface area (Å²) in [6.07, 6.45) is 5.77. The fourth-order valence-corrected chi connectivity index (χ4v) is 6.27. The molecule has 0 unspecified atom stereocenters. The van der Waals surface area contributed by atoms with Crippen molar-refractivity contribution in [3.63, 3.8) is 0 Å². The third-order valence-electron chi connectivity index (χ3n) is 6.14. The third kappa shape index (κ3) is 6.34. The lowest BCUT2D eigenvalue weighted by molar-refractivity contribution is -0.387. The van der Waals surface area contributed by atoms with Gasteiger partial charge in [0.2, 0.25) is 5.91 Å². The molecule has 2 aromatic carbocycles. The summed E-state index contributed by atoms with van der Waals surface area (Å²) in [5.41, 5.74) is 0.780. The molecule has 198 valence electrons. The Morgan fingerprint density at radius 1 is 1.16 bits per heavy atom. The molecule has 1 amide bonds. The Labute approximate surface area is 217 Å². The number of terminal acetylenes is 1. The van der Waals surface area contributed by atoms with E-state index in [1.807, 2.05) is 6.92 Å². The van der Waals surface area contributed by atoms with Crippen molar-refractivity contribution >= 4 is 27.3 Å². The van der Waals surface area contributed by atoms with Crippen molar-refractivity contribution in [3.05, 3.63) is 64.2 Å². The molecular weight excluding hydrogens is 498 g/mol. The van der Waals surface area contributed by atoms with E-state index in [0.717, 1.165) is 0 Å². The number of ether oxygens (including phenoxy) is 2. The summed E-state index contributed by atoms with van der Waals surface area (Å²) in [6.45, 7) is 4.22. The highest BCUT2D eigenvalue weighted by Crippen LogP contribution is 2.43. The lowest BCUT2D eigenvalue weighted by Crippen LogP contribution is -2.48. The van der Waals surface area contributed by atoms with Gasteiger partial charge >= 0.3 is 0 Å². The van der Waals surface area contributed by atoms with Gasteiger partial charge in [0.05, 0.1) is 30.8 Å². The summed E-state index contributed by atoms with van der Waals surface area (Å²) in [7, 11) is -4.34. The van der Waals surface area contributed by atoms with E-state index in [-0.39, 0.29) is 44.9 Å². The number of carbonyl (C=O) groups excluding carboxylic acids is 1. The highest BCUT2D eigenvalue weighted by molar-refractivity contribution is 7.89. The summed E-state index contributed by atoms with van der Waals surface area (Å²) in [5.74, 6) is 2.29. The standard InChI is InChI=1S/C26H31N3O7S/c1-4-15-35-17-18-36-16-14-27(37(33,34)25-13-9-8-12-23(25)29(31)32)24-19-20(3)28(26(30)5-2)22-11-7-6-10-21(22)24/h1,6-13,20,24H,5,14-19H2,2-3H3/t20-,24+/m0/s1. The van der Waals surface area contributed by atoms with Gasteiger partial charge in [-0.25, -0.2) is 8.42 Å². The Bertz CT molecular complexity index is 1260. The maximum Gasteiger partial charge on any atom is 0.289 e. The average molecular weight is 530 g/mol. The highest BCUT2D eigenvalue weighted by Gasteiger charge is 2.42. The van der Waals surface area contributed by atoms with Crippen LogP contribution in [0.15, 0.2) is 53.4 Å². The monoisotopic (exact) mass is 529 g/mol. The van der Waals surface area contributed by atoms with E-state index in [9.17, 15) is 23.3 Å². The van der Waals surface area contributed by atoms with Gasteiger partial charge in [0, 0.05) is 30.8 Å². The van der Waals surface area contributed by atoms with Crippen LogP contribution < -0.4 is 4.90 Å². The van der Waals surface area contributed by atoms with Gasteiger partial charge in [-0.15, -0.1) is 6.42 Å². The summed E-state index contributed by atoms with van der Waals surface area (Å²) in [4.78, 5) is 25.0. The number of amides is 1. The molecule has 2 atom stereocenters. The average Bonchev–Trinajstić information content (AvgIpc) is 2.89. The van der Waals surface area contributed by atoms with Crippen LogP contribution in [0.5, 0.6) is 0 Å². The minimum atomic E-state index is -4.34. The number of carbonyl (C=O) groups is 1. The van der Waals surface area contributed by atoms with Crippen molar-refractivity contribution in [2.75, 3.05) is 37.9 Å². The van der Waals surface area contributed by atoms with Gasteiger partial charge in [-0.1, -0.05) is 43.2 Å². The number of fused-ring (bicyclic) bond motifs is 1. The second-order valence-electron chi connectivity index (χ2n) is 8.49. The number of para-hydroxylation sites is 2. The molecule has 0 bridgehead atoms. The summed E-state index contributed by atoms with van der Waals surface area (Å²) in [5, 5.41) is 11.7. The predicted molar refractivity (Wildman–Crippen MR) is 138 cm³/mol. The topological polar surface area (TPSA) is 119 Å². The molecule has 0 fully saturated rings. The molecule has 0 spiro atoms. The van der Waals surface area contributed by atoms with Crippen LogP contribution in [0, 0.1) is 22.5 Å². The molecule has 11 heteroatoms. The maximum atomic E-state index is 14.0. The first-order chi connectivity index (χ1) is 17.7. The van der Waals surface area contributed by atoms with E-state index in [1.165, 1.54) is 28.6 Å². The van der Waals surface area contributed by atoms with Crippen LogP contribution in [0.3, 0.4) is 0 Å². The molecule has 1 heterocycles. The van der Waals surface area contributed by atoms with E-state index in [0.29, 0.717) is 24.1 Å². The number of benzene rings is 2. The Morgan fingerprint density at radius 3 is 2.54 bits per heavy atom. The first-order valence-electron chi connectivity index (χ1n) is 12.0. The smallest absolute Gasteiger partial charge is 0.289 e. The van der Waals surface area contributed by atoms with Crippen LogP contribution in [0.1, 0.15) is 38.3 Å². The second-order valence-corrected chi connectivity index (χ2v) is 10.3. The molecule has 10 nitrogen and oxygen atoms in total. The van der Waals surface area contributed by atoms with Crippen molar-refractivity contribution in [1.82, 2.24) is 4.31 Å². The normalized spacial score (nSPS) is 17.3. The lowest BCUT2D eigenvalue weighted by atomic mass is 9.91. The summed E-state index contributed by atoms with van der Waals surface area (Å²) < 4.78 is 40.0. The van der Waals surface area contributed by atoms with E-state index in [4.69, 9.17) is 15.9 Å². The number of sulfonamides is 1. The Kier molecular flexibility index (Phi) is 9.77. The molecule has 2 aromatic rings. The zero-order chi connectivity index (χ0) is 27.0. The molecule has 0 saturated heterocycles. The first-order valence-corrected chi connectivity index (χ1v) is 13.4. The number of nitro groups is 1. The lowest BCUT2D eigenvalue weighted by Gasteiger charge is -2.43. The molecule has 1 aliphatic heterocycles. The molecular formula is C26H31N3O7S. The molecule has 0 aliphatic carbocycles. The molecule has 3 rings (SSSR count). The van der Waals surface area contributed by atoms with Gasteiger partial charge in [-0.2, -0.15) is 4.31 Å². The fourth-order valence-electron chi connectivity index (χ4n) is 4.51. The number of anilines is 1. The van der Waals surface area contributed by atoms with E-state index < -0.39 is 31.6 Å². The van der Waals surface area contributed by atoms with E-state index >= 15 is 0 Å². The molecule has 1 aliphatic rings. The van der Waals surface area contributed by atoms with Crippen molar-refractivity contribution in [2.45, 2.75) is 43.7 Å². The Balaban J connectivity index is 2.02. The summed E-state index contributed by atoms with van der Waals surface area (Å²) in [6, 6.07) is 11.5. The number of hydrogen-bond acceptors (Lipinski definition) is 7.